The maximum absolute atomic E-state index is 12.6. The first-order chi connectivity index (χ1) is 13.0. The molecule has 8 heteroatoms. The lowest BCUT2D eigenvalue weighted by molar-refractivity contribution is 0.0472. The van der Waals surface area contributed by atoms with E-state index >= 15 is 0 Å². The van der Waals surface area contributed by atoms with Crippen LogP contribution in [0, 0.1) is 0 Å². The molecule has 1 aliphatic rings. The van der Waals surface area contributed by atoms with Crippen LogP contribution in [0.2, 0.25) is 0 Å². The largest absolute Gasteiger partial charge is 0.457 e. The summed E-state index contributed by atoms with van der Waals surface area (Å²) in [7, 11) is -3.57. The van der Waals surface area contributed by atoms with Gasteiger partial charge < -0.3 is 9.47 Å². The van der Waals surface area contributed by atoms with Crippen LogP contribution >= 0.6 is 11.8 Å². The Balaban J connectivity index is 1.62. The van der Waals surface area contributed by atoms with Gasteiger partial charge in [-0.1, -0.05) is 12.1 Å². The van der Waals surface area contributed by atoms with E-state index in [1.54, 1.807) is 11.8 Å². The van der Waals surface area contributed by atoms with Gasteiger partial charge in [-0.05, 0) is 48.2 Å². The van der Waals surface area contributed by atoms with Gasteiger partial charge in [0.1, 0.15) is 6.61 Å². The molecule has 0 N–H and O–H groups in total. The molecule has 1 fully saturated rings. The minimum absolute atomic E-state index is 0.161. The first-order valence-corrected chi connectivity index (χ1v) is 11.2. The van der Waals surface area contributed by atoms with E-state index in [-0.39, 0.29) is 11.5 Å². The van der Waals surface area contributed by atoms with E-state index in [4.69, 9.17) is 9.47 Å². The van der Waals surface area contributed by atoms with Crippen LogP contribution in [-0.2, 0) is 26.1 Å². The lowest BCUT2D eigenvalue weighted by Crippen LogP contribution is -2.40. The molecule has 144 valence electrons. The van der Waals surface area contributed by atoms with Crippen molar-refractivity contribution < 1.29 is 22.7 Å². The van der Waals surface area contributed by atoms with E-state index in [0.717, 1.165) is 10.5 Å². The van der Waals surface area contributed by atoms with E-state index in [9.17, 15) is 13.2 Å². The quantitative estimate of drug-likeness (QED) is 0.542. The van der Waals surface area contributed by atoms with Crippen LogP contribution in [0.1, 0.15) is 15.9 Å². The molecule has 0 spiro atoms. The van der Waals surface area contributed by atoms with Gasteiger partial charge in [-0.25, -0.2) is 13.2 Å². The van der Waals surface area contributed by atoms with Crippen molar-refractivity contribution in [2.75, 3.05) is 32.6 Å². The summed E-state index contributed by atoms with van der Waals surface area (Å²) in [5, 5.41) is 0. The first kappa shape index (κ1) is 19.9. The molecule has 3 rings (SSSR count). The number of benzene rings is 2. The Kier molecular flexibility index (Phi) is 6.54. The van der Waals surface area contributed by atoms with Crippen molar-refractivity contribution in [1.29, 1.82) is 0 Å². The van der Waals surface area contributed by atoms with Gasteiger partial charge in [-0.15, -0.1) is 11.8 Å². The number of hydrogen-bond donors (Lipinski definition) is 0. The van der Waals surface area contributed by atoms with E-state index in [0.29, 0.717) is 31.9 Å². The molecule has 2 aromatic carbocycles. The molecule has 2 aromatic rings. The summed E-state index contributed by atoms with van der Waals surface area (Å²) in [6.45, 7) is 1.62. The van der Waals surface area contributed by atoms with Gasteiger partial charge in [0.15, 0.2) is 0 Å². The number of sulfonamides is 1. The van der Waals surface area contributed by atoms with Gasteiger partial charge >= 0.3 is 5.97 Å². The molecule has 27 heavy (non-hydrogen) atoms. The third-order valence-electron chi connectivity index (χ3n) is 4.23. The standard InChI is InChI=1S/C19H21NO5S2/c1-26-17-6-2-15(3-7-17)14-25-19(21)16-4-8-18(9-5-16)27(22,23)20-10-12-24-13-11-20/h2-9H,10-14H2,1H3. The maximum atomic E-state index is 12.6. The molecule has 6 nitrogen and oxygen atoms in total. The predicted octanol–water partition coefficient (Wildman–Crippen LogP) is 2.79. The number of thioether (sulfide) groups is 1. The average Bonchev–Trinajstić information content (AvgIpc) is 2.73. The molecule has 0 aromatic heterocycles. The summed E-state index contributed by atoms with van der Waals surface area (Å²) in [6, 6.07) is 13.6. The van der Waals surface area contributed by atoms with Gasteiger partial charge in [0, 0.05) is 18.0 Å². The maximum Gasteiger partial charge on any atom is 0.338 e. The molecule has 0 atom stereocenters. The lowest BCUT2D eigenvalue weighted by atomic mass is 10.2. The van der Waals surface area contributed by atoms with E-state index in [1.165, 1.54) is 28.6 Å². The van der Waals surface area contributed by atoms with Gasteiger partial charge in [-0.2, -0.15) is 4.31 Å². The molecule has 0 bridgehead atoms. The van der Waals surface area contributed by atoms with Gasteiger partial charge in [0.05, 0.1) is 23.7 Å². The summed E-state index contributed by atoms with van der Waals surface area (Å²) in [5.74, 6) is -0.487. The molecule has 0 aliphatic carbocycles. The van der Waals surface area contributed by atoms with Crippen molar-refractivity contribution in [3.63, 3.8) is 0 Å². The van der Waals surface area contributed by atoms with E-state index in [2.05, 4.69) is 0 Å². The van der Waals surface area contributed by atoms with Gasteiger partial charge in [-0.3, -0.25) is 0 Å². The second-order valence-corrected chi connectivity index (χ2v) is 8.78. The third kappa shape index (κ3) is 4.90. The first-order valence-electron chi connectivity index (χ1n) is 8.49. The van der Waals surface area contributed by atoms with Crippen molar-refractivity contribution in [2.45, 2.75) is 16.4 Å². The smallest absolute Gasteiger partial charge is 0.338 e. The fourth-order valence-electron chi connectivity index (χ4n) is 2.65. The number of morpholine rings is 1. The summed E-state index contributed by atoms with van der Waals surface area (Å²) in [6.07, 6.45) is 2.00. The molecule has 1 saturated heterocycles. The summed E-state index contributed by atoms with van der Waals surface area (Å²) >= 11 is 1.64. The zero-order chi connectivity index (χ0) is 19.3. The Morgan fingerprint density at radius 2 is 1.70 bits per heavy atom. The molecular weight excluding hydrogens is 386 g/mol. The Hall–Kier alpha value is -1.87. The van der Waals surface area contributed by atoms with Gasteiger partial charge in [0.25, 0.3) is 0 Å². The highest BCUT2D eigenvalue weighted by Gasteiger charge is 2.26. The van der Waals surface area contributed by atoms with E-state index < -0.39 is 16.0 Å². The van der Waals surface area contributed by atoms with Crippen LogP contribution in [0.5, 0.6) is 0 Å². The zero-order valence-corrected chi connectivity index (χ0v) is 16.6. The van der Waals surface area contributed by atoms with Crippen LogP contribution in [0.4, 0.5) is 0 Å². The van der Waals surface area contributed by atoms with Crippen LogP contribution in [0.3, 0.4) is 0 Å². The minimum atomic E-state index is -3.57. The van der Waals surface area contributed by atoms with Crippen LogP contribution in [0.25, 0.3) is 0 Å². The highest BCUT2D eigenvalue weighted by molar-refractivity contribution is 7.98. The van der Waals surface area contributed by atoms with Gasteiger partial charge in [0.2, 0.25) is 10.0 Å². The lowest BCUT2D eigenvalue weighted by Gasteiger charge is -2.26. The number of hydrogen-bond acceptors (Lipinski definition) is 6. The van der Waals surface area contributed by atoms with Crippen LogP contribution in [0.15, 0.2) is 58.3 Å². The summed E-state index contributed by atoms with van der Waals surface area (Å²) in [4.78, 5) is 13.5. The molecule has 0 saturated carbocycles. The Labute approximate surface area is 163 Å². The fraction of sp³-hybridized carbons (Fsp3) is 0.316. The van der Waals surface area contributed by atoms with E-state index in [1.807, 2.05) is 30.5 Å². The number of ether oxygens (including phenoxy) is 2. The number of rotatable bonds is 6. The van der Waals surface area contributed by atoms with Crippen molar-refractivity contribution in [3.8, 4) is 0 Å². The highest BCUT2D eigenvalue weighted by atomic mass is 32.2. The molecule has 1 aliphatic heterocycles. The average molecular weight is 408 g/mol. The minimum Gasteiger partial charge on any atom is -0.457 e. The van der Waals surface area contributed by atoms with Crippen LogP contribution < -0.4 is 0 Å². The number of carbonyl (C=O) groups excluding carboxylic acids is 1. The topological polar surface area (TPSA) is 72.9 Å². The molecule has 0 amide bonds. The molecular formula is C19H21NO5S2. The van der Waals surface area contributed by atoms with Crippen LogP contribution in [-0.4, -0.2) is 51.3 Å². The summed E-state index contributed by atoms with van der Waals surface area (Å²) < 4.78 is 37.1. The summed E-state index contributed by atoms with van der Waals surface area (Å²) in [5.41, 5.74) is 1.21. The van der Waals surface area contributed by atoms with Crippen molar-refractivity contribution in [2.24, 2.45) is 0 Å². The highest BCUT2D eigenvalue weighted by Crippen LogP contribution is 2.19. The number of carbonyl (C=O) groups is 1. The zero-order valence-electron chi connectivity index (χ0n) is 15.0. The Morgan fingerprint density at radius 1 is 1.07 bits per heavy atom. The SMILES string of the molecule is CSc1ccc(COC(=O)c2ccc(S(=O)(=O)N3CCOCC3)cc2)cc1. The number of nitrogens with zero attached hydrogens (tertiary/aromatic N) is 1. The Bertz CT molecular complexity index is 873. The monoisotopic (exact) mass is 407 g/mol. The normalized spacial score (nSPS) is 15.4. The second-order valence-electron chi connectivity index (χ2n) is 5.97. The third-order valence-corrected chi connectivity index (χ3v) is 6.88. The second kappa shape index (κ2) is 8.88. The molecule has 0 radical (unpaired) electrons. The predicted molar refractivity (Wildman–Crippen MR) is 103 cm³/mol. The van der Waals surface area contributed by atoms with Crippen molar-refractivity contribution >= 4 is 27.8 Å². The fourth-order valence-corrected chi connectivity index (χ4v) is 4.47. The number of esters is 1. The molecule has 1 heterocycles. The Morgan fingerprint density at radius 3 is 2.30 bits per heavy atom. The van der Waals surface area contributed by atoms with Crippen molar-refractivity contribution in [1.82, 2.24) is 4.31 Å². The van der Waals surface area contributed by atoms with Crippen molar-refractivity contribution in [3.05, 3.63) is 59.7 Å². The molecule has 0 unspecified atom stereocenters.